The molecular formula is C5H13NNa2O9S8. The van der Waals surface area contributed by atoms with Crippen LogP contribution >= 0.6 is 44.5 Å². The zero-order chi connectivity index (χ0) is 19.5. The maximum atomic E-state index is 9.80. The zero-order valence-corrected chi connectivity index (χ0v) is 24.0. The number of nitrogens with zero attached hydrogens (tertiary/aromatic N) is 1. The molecule has 0 aliphatic heterocycles. The first-order valence-corrected chi connectivity index (χ1v) is 14.1. The SMILES string of the molecule is CCN(CC)C(=S)S.O=S(=O)(O)SSS(=O)(=O)O.O=S([O-])([O-])=S.[Na+].[Na+]. The van der Waals surface area contributed by atoms with Gasteiger partial charge in [-0.3, -0.25) is 13.3 Å². The molecule has 0 saturated heterocycles. The molecule has 0 heterocycles. The summed E-state index contributed by atoms with van der Waals surface area (Å²) in [5, 5.41) is 0. The molecule has 0 aliphatic carbocycles. The van der Waals surface area contributed by atoms with Gasteiger partial charge in [0.05, 0.1) is 19.7 Å². The van der Waals surface area contributed by atoms with E-state index in [9.17, 15) is 16.8 Å². The third kappa shape index (κ3) is 52.1. The van der Waals surface area contributed by atoms with Crippen molar-refractivity contribution in [3.8, 4) is 0 Å². The van der Waals surface area contributed by atoms with Crippen molar-refractivity contribution in [3.05, 3.63) is 0 Å². The van der Waals surface area contributed by atoms with Crippen LogP contribution in [0, 0.1) is 0 Å². The van der Waals surface area contributed by atoms with Gasteiger partial charge in [0, 0.05) is 13.1 Å². The second kappa shape index (κ2) is 19.0. The molecule has 0 aromatic carbocycles. The molecule has 20 heteroatoms. The average Bonchev–Trinajstić information content (AvgIpc) is 2.24. The molecule has 0 saturated carbocycles. The van der Waals surface area contributed by atoms with Crippen LogP contribution in [0.4, 0.5) is 0 Å². The summed E-state index contributed by atoms with van der Waals surface area (Å²) in [6.45, 7) is 6.04. The van der Waals surface area contributed by atoms with E-state index in [4.69, 9.17) is 34.6 Å². The summed E-state index contributed by atoms with van der Waals surface area (Å²) in [7, 11) is -13.9. The Balaban J connectivity index is -0.0000000808. The number of thiocarbonyl (C=S) groups is 1. The van der Waals surface area contributed by atoms with E-state index in [0.29, 0.717) is 4.32 Å². The van der Waals surface area contributed by atoms with Gasteiger partial charge in [-0.25, -0.2) is 0 Å². The molecule has 0 fully saturated rings. The Morgan fingerprint density at radius 1 is 1.00 bits per heavy atom. The first-order valence-electron chi connectivity index (χ1n) is 4.90. The van der Waals surface area contributed by atoms with Crippen molar-refractivity contribution < 1.29 is 98.4 Å². The predicted molar refractivity (Wildman–Crippen MR) is 99.8 cm³/mol. The van der Waals surface area contributed by atoms with Gasteiger partial charge < -0.3 is 14.0 Å². The van der Waals surface area contributed by atoms with Crippen LogP contribution in [0.15, 0.2) is 0 Å². The Kier molecular flexibility index (Phi) is 29.4. The van der Waals surface area contributed by atoms with Crippen LogP contribution in [0.3, 0.4) is 0 Å². The van der Waals surface area contributed by atoms with E-state index in [1.165, 1.54) is 0 Å². The third-order valence-electron chi connectivity index (χ3n) is 1.23. The Hall–Kier alpha value is 3.05. The van der Waals surface area contributed by atoms with Gasteiger partial charge in [0.2, 0.25) is 0 Å². The fourth-order valence-corrected chi connectivity index (χ4v) is 6.72. The standard InChI is InChI=1S/C5H11NS2.2Na.H2O6S4.H2O3S2/c1-3-6(4-2)5(7)8;;;1-9(2,3)7-8-10(4,5)6;1-5(2,3)4/h3-4H2,1-2H3,(H,7,8);;;(H,1,2,3)(H,4,5,6);(H2,1,2,3,4)/q;2*+1;;/p-2. The van der Waals surface area contributed by atoms with E-state index in [-0.39, 0.29) is 78.8 Å². The number of thiol groups is 1. The molecule has 0 atom stereocenters. The summed E-state index contributed by atoms with van der Waals surface area (Å²) in [6.07, 6.45) is 0. The quantitative estimate of drug-likeness (QED) is 0.100. The minimum atomic E-state index is -4.42. The minimum absolute atomic E-state index is 0. The molecule has 0 bridgehead atoms. The monoisotopic (exact) mass is 533 g/mol. The van der Waals surface area contributed by atoms with Gasteiger partial charge in [-0.15, -0.1) is 21.7 Å². The van der Waals surface area contributed by atoms with Crippen LogP contribution in [0.2, 0.25) is 0 Å². The molecule has 25 heavy (non-hydrogen) atoms. The maximum Gasteiger partial charge on any atom is 1.00 e. The molecule has 0 unspecified atom stereocenters. The fraction of sp³-hybridized carbons (Fsp3) is 0.800. The molecule has 0 radical (unpaired) electrons. The second-order valence-corrected chi connectivity index (χ2v) is 13.8. The third-order valence-corrected chi connectivity index (χ3v) is 8.47. The van der Waals surface area contributed by atoms with Crippen LogP contribution in [0.1, 0.15) is 13.8 Å². The van der Waals surface area contributed by atoms with Crippen LogP contribution in [-0.2, 0) is 38.5 Å². The summed E-state index contributed by atoms with van der Waals surface area (Å²) in [5.74, 6) is 0. The Labute approximate surface area is 214 Å². The number of hydrogen-bond donors (Lipinski definition) is 3. The first-order chi connectivity index (χ1) is 9.93. The van der Waals surface area contributed by atoms with Crippen molar-refractivity contribution in [2.45, 2.75) is 13.8 Å². The van der Waals surface area contributed by atoms with Crippen LogP contribution in [-0.4, -0.2) is 61.6 Å². The molecule has 0 aromatic rings. The molecule has 0 amide bonds. The van der Waals surface area contributed by atoms with E-state index >= 15 is 0 Å². The molecule has 2 N–H and O–H groups in total. The van der Waals surface area contributed by atoms with Crippen LogP contribution in [0.25, 0.3) is 0 Å². The smallest absolute Gasteiger partial charge is 0.780 e. The van der Waals surface area contributed by atoms with E-state index in [1.807, 2.05) is 4.90 Å². The topological polar surface area (TPSA) is 175 Å². The summed E-state index contributed by atoms with van der Waals surface area (Å²) in [5.41, 5.74) is 0. The molecule has 142 valence electrons. The van der Waals surface area contributed by atoms with Crippen LogP contribution < -0.4 is 59.1 Å². The van der Waals surface area contributed by atoms with Crippen molar-refractivity contribution in [2.75, 3.05) is 13.1 Å². The van der Waals surface area contributed by atoms with E-state index in [2.05, 4.69) is 37.7 Å². The average molecular weight is 534 g/mol. The van der Waals surface area contributed by atoms with Gasteiger partial charge in [0.25, 0.3) is 0 Å². The minimum Gasteiger partial charge on any atom is -0.780 e. The van der Waals surface area contributed by atoms with Crippen molar-refractivity contribution in [3.63, 3.8) is 0 Å². The Morgan fingerprint density at radius 2 is 1.20 bits per heavy atom. The normalized spacial score (nSPS) is 10.5. The molecular weight excluding hydrogens is 521 g/mol. The summed E-state index contributed by atoms with van der Waals surface area (Å²) in [6, 6.07) is 0. The Bertz CT molecular complexity index is 603. The summed E-state index contributed by atoms with van der Waals surface area (Å²) < 4.78 is 82.4. The van der Waals surface area contributed by atoms with Crippen molar-refractivity contribution in [2.24, 2.45) is 0 Å². The van der Waals surface area contributed by atoms with E-state index in [0.717, 1.165) is 13.1 Å². The largest absolute Gasteiger partial charge is 1.00 e. The van der Waals surface area contributed by atoms with Gasteiger partial charge in [-0.1, -0.05) is 12.2 Å². The predicted octanol–water partition coefficient (Wildman–Crippen LogP) is -5.48. The van der Waals surface area contributed by atoms with Gasteiger partial charge in [0.1, 0.15) is 4.32 Å². The molecule has 0 aliphatic rings. The molecule has 10 nitrogen and oxygen atoms in total. The van der Waals surface area contributed by atoms with E-state index in [1.54, 1.807) is 0 Å². The maximum absolute atomic E-state index is 9.80. The first kappa shape index (κ1) is 38.6. The second-order valence-electron chi connectivity index (χ2n) is 2.85. The molecule has 0 aromatic heterocycles. The van der Waals surface area contributed by atoms with Crippen molar-refractivity contribution in [1.29, 1.82) is 0 Å². The number of rotatable bonds is 5. The van der Waals surface area contributed by atoms with Crippen molar-refractivity contribution in [1.82, 2.24) is 4.90 Å². The van der Waals surface area contributed by atoms with E-state index < -0.39 is 27.4 Å². The van der Waals surface area contributed by atoms with Crippen LogP contribution in [0.5, 0.6) is 0 Å². The van der Waals surface area contributed by atoms with Gasteiger partial charge >= 0.3 is 77.4 Å². The van der Waals surface area contributed by atoms with Gasteiger partial charge in [-0.2, -0.15) is 16.8 Å². The fourth-order valence-electron chi connectivity index (χ4n) is 0.564. The summed E-state index contributed by atoms with van der Waals surface area (Å²) in [4.78, 5) is 2.01. The van der Waals surface area contributed by atoms with Gasteiger partial charge in [0.15, 0.2) is 0 Å². The molecule has 0 spiro atoms. The zero-order valence-electron chi connectivity index (χ0n) is 13.4. The summed E-state index contributed by atoms with van der Waals surface area (Å²) >= 11 is 12.1. The van der Waals surface area contributed by atoms with Crippen molar-refractivity contribution >= 4 is 87.4 Å². The Morgan fingerprint density at radius 3 is 1.24 bits per heavy atom. The number of hydrogen-bond acceptors (Lipinski definition) is 11. The van der Waals surface area contributed by atoms with Gasteiger partial charge in [-0.05, 0) is 25.0 Å². The molecule has 0 rings (SSSR count).